The predicted molar refractivity (Wildman–Crippen MR) is 73.5 cm³/mol. The van der Waals surface area contributed by atoms with Gasteiger partial charge in [0.25, 0.3) is 0 Å². The zero-order chi connectivity index (χ0) is 12.1. The molecular weight excluding hydrogens is 230 g/mol. The summed E-state index contributed by atoms with van der Waals surface area (Å²) in [5, 5.41) is 6.13. The highest BCUT2D eigenvalue weighted by molar-refractivity contribution is 7.13. The van der Waals surface area contributed by atoms with Gasteiger partial charge in [-0.3, -0.25) is 0 Å². The van der Waals surface area contributed by atoms with Crippen molar-refractivity contribution in [2.24, 2.45) is 5.73 Å². The average Bonchev–Trinajstić information content (AvgIpc) is 2.83. The highest BCUT2D eigenvalue weighted by atomic mass is 32.1. The highest BCUT2D eigenvalue weighted by Gasteiger charge is 2.04. The van der Waals surface area contributed by atoms with E-state index < -0.39 is 0 Å². The van der Waals surface area contributed by atoms with Crippen LogP contribution in [0, 0.1) is 6.92 Å². The van der Waals surface area contributed by atoms with Crippen molar-refractivity contribution in [2.45, 2.75) is 19.4 Å². The molecule has 0 bridgehead atoms. The molecule has 90 valence electrons. The van der Waals surface area contributed by atoms with Crippen molar-refractivity contribution in [3.8, 4) is 0 Å². The summed E-state index contributed by atoms with van der Waals surface area (Å²) in [7, 11) is 0. The first-order valence-corrected chi connectivity index (χ1v) is 6.56. The average molecular weight is 247 g/mol. The molecule has 17 heavy (non-hydrogen) atoms. The topological polar surface area (TPSA) is 50.9 Å². The van der Waals surface area contributed by atoms with Gasteiger partial charge in [-0.15, -0.1) is 11.3 Å². The Labute approximate surface area is 106 Å². The normalized spacial score (nSPS) is 12.4. The van der Waals surface area contributed by atoms with Crippen LogP contribution in [0.5, 0.6) is 0 Å². The quantitative estimate of drug-likeness (QED) is 0.853. The van der Waals surface area contributed by atoms with Crippen LogP contribution in [0.15, 0.2) is 35.8 Å². The fourth-order valence-corrected chi connectivity index (χ4v) is 2.17. The minimum atomic E-state index is 0.113. The Bertz CT molecular complexity index is 436. The third-order valence-electron chi connectivity index (χ3n) is 2.57. The molecule has 0 saturated carbocycles. The number of anilines is 1. The first-order chi connectivity index (χ1) is 8.24. The van der Waals surface area contributed by atoms with Crippen LogP contribution in [-0.2, 0) is 6.42 Å². The van der Waals surface area contributed by atoms with Gasteiger partial charge in [-0.2, -0.15) is 0 Å². The molecule has 1 aromatic carbocycles. The summed E-state index contributed by atoms with van der Waals surface area (Å²) in [6.07, 6.45) is 2.68. The van der Waals surface area contributed by atoms with Gasteiger partial charge in [0.15, 0.2) is 5.13 Å². The van der Waals surface area contributed by atoms with E-state index in [4.69, 9.17) is 5.73 Å². The molecule has 0 aliphatic carbocycles. The maximum absolute atomic E-state index is 6.07. The molecule has 1 atom stereocenters. The van der Waals surface area contributed by atoms with Crippen LogP contribution in [0.1, 0.15) is 11.1 Å². The molecule has 0 aliphatic rings. The number of aryl methyl sites for hydroxylation is 1. The van der Waals surface area contributed by atoms with E-state index in [0.717, 1.165) is 18.1 Å². The maximum atomic E-state index is 6.07. The van der Waals surface area contributed by atoms with Gasteiger partial charge in [0.05, 0.1) is 0 Å². The van der Waals surface area contributed by atoms with Gasteiger partial charge < -0.3 is 11.1 Å². The molecule has 2 rings (SSSR count). The molecule has 0 radical (unpaired) electrons. The van der Waals surface area contributed by atoms with Gasteiger partial charge in [0.2, 0.25) is 0 Å². The van der Waals surface area contributed by atoms with Crippen LogP contribution in [0.3, 0.4) is 0 Å². The second-order valence-corrected chi connectivity index (χ2v) is 5.06. The Morgan fingerprint density at radius 3 is 2.76 bits per heavy atom. The van der Waals surface area contributed by atoms with E-state index in [1.54, 1.807) is 17.5 Å². The van der Waals surface area contributed by atoms with Crippen LogP contribution < -0.4 is 11.1 Å². The van der Waals surface area contributed by atoms with Gasteiger partial charge in [-0.1, -0.05) is 29.8 Å². The zero-order valence-electron chi connectivity index (χ0n) is 9.89. The fourth-order valence-electron chi connectivity index (χ4n) is 1.63. The number of aromatic nitrogens is 1. The molecule has 4 heteroatoms. The predicted octanol–water partition coefficient (Wildman–Crippen LogP) is 2.43. The first kappa shape index (κ1) is 12.1. The number of thiazole rings is 1. The van der Waals surface area contributed by atoms with Crippen molar-refractivity contribution < 1.29 is 0 Å². The molecule has 0 amide bonds. The maximum Gasteiger partial charge on any atom is 0.182 e. The third-order valence-corrected chi connectivity index (χ3v) is 3.30. The Morgan fingerprint density at radius 2 is 2.12 bits per heavy atom. The van der Waals surface area contributed by atoms with Crippen molar-refractivity contribution in [2.75, 3.05) is 11.9 Å². The van der Waals surface area contributed by atoms with Gasteiger partial charge in [-0.25, -0.2) is 4.98 Å². The highest BCUT2D eigenvalue weighted by Crippen LogP contribution is 2.10. The second kappa shape index (κ2) is 5.80. The van der Waals surface area contributed by atoms with Gasteiger partial charge in [0.1, 0.15) is 0 Å². The molecular formula is C13H17N3S. The minimum absolute atomic E-state index is 0.113. The summed E-state index contributed by atoms with van der Waals surface area (Å²) in [6, 6.07) is 8.63. The smallest absolute Gasteiger partial charge is 0.182 e. The van der Waals surface area contributed by atoms with E-state index in [2.05, 4.69) is 41.5 Å². The second-order valence-electron chi connectivity index (χ2n) is 4.17. The molecule has 0 fully saturated rings. The Kier molecular flexibility index (Phi) is 4.12. The van der Waals surface area contributed by atoms with Crippen molar-refractivity contribution in [3.63, 3.8) is 0 Å². The number of benzene rings is 1. The molecule has 1 heterocycles. The molecule has 0 saturated heterocycles. The van der Waals surface area contributed by atoms with E-state index in [-0.39, 0.29) is 6.04 Å². The van der Waals surface area contributed by atoms with E-state index in [0.29, 0.717) is 0 Å². The lowest BCUT2D eigenvalue weighted by molar-refractivity contribution is 0.699. The summed E-state index contributed by atoms with van der Waals surface area (Å²) >= 11 is 1.60. The molecule has 2 aromatic rings. The monoisotopic (exact) mass is 247 g/mol. The van der Waals surface area contributed by atoms with Crippen molar-refractivity contribution in [3.05, 3.63) is 47.0 Å². The molecule has 1 aromatic heterocycles. The first-order valence-electron chi connectivity index (χ1n) is 5.68. The van der Waals surface area contributed by atoms with Crippen LogP contribution in [-0.4, -0.2) is 17.6 Å². The fraction of sp³-hybridized carbons (Fsp3) is 0.308. The van der Waals surface area contributed by atoms with E-state index >= 15 is 0 Å². The standard InChI is InChI=1S/C13H17N3S/c1-10-2-4-11(5-3-10)8-12(14)9-16-13-15-6-7-17-13/h2-7,12H,8-9,14H2,1H3,(H,15,16)/t12-/m0/s1. The van der Waals surface area contributed by atoms with Crippen LogP contribution in [0.2, 0.25) is 0 Å². The van der Waals surface area contributed by atoms with E-state index in [9.17, 15) is 0 Å². The van der Waals surface area contributed by atoms with E-state index in [1.165, 1.54) is 11.1 Å². The van der Waals surface area contributed by atoms with Crippen LogP contribution in [0.4, 0.5) is 5.13 Å². The molecule has 0 unspecified atom stereocenters. The lowest BCUT2D eigenvalue weighted by Gasteiger charge is -2.12. The summed E-state index contributed by atoms with van der Waals surface area (Å²) in [5.41, 5.74) is 8.64. The molecule has 0 aliphatic heterocycles. The number of hydrogen-bond acceptors (Lipinski definition) is 4. The zero-order valence-corrected chi connectivity index (χ0v) is 10.7. The number of rotatable bonds is 5. The summed E-state index contributed by atoms with van der Waals surface area (Å²) in [5.74, 6) is 0. The summed E-state index contributed by atoms with van der Waals surface area (Å²) in [6.45, 7) is 2.84. The Morgan fingerprint density at radius 1 is 1.35 bits per heavy atom. The summed E-state index contributed by atoms with van der Waals surface area (Å²) < 4.78 is 0. The van der Waals surface area contributed by atoms with Crippen LogP contribution >= 0.6 is 11.3 Å². The molecule has 0 spiro atoms. The third kappa shape index (κ3) is 3.84. The van der Waals surface area contributed by atoms with Crippen molar-refractivity contribution >= 4 is 16.5 Å². The van der Waals surface area contributed by atoms with Crippen molar-refractivity contribution in [1.29, 1.82) is 0 Å². The van der Waals surface area contributed by atoms with E-state index in [1.807, 2.05) is 5.38 Å². The van der Waals surface area contributed by atoms with Gasteiger partial charge >= 0.3 is 0 Å². The van der Waals surface area contributed by atoms with Crippen LogP contribution in [0.25, 0.3) is 0 Å². The molecule has 3 N–H and O–H groups in total. The largest absolute Gasteiger partial charge is 0.360 e. The number of hydrogen-bond donors (Lipinski definition) is 2. The SMILES string of the molecule is Cc1ccc(C[C@H](N)CNc2nccs2)cc1. The van der Waals surface area contributed by atoms with Gasteiger partial charge in [-0.05, 0) is 18.9 Å². The number of nitrogens with two attached hydrogens (primary N) is 1. The lowest BCUT2D eigenvalue weighted by Crippen LogP contribution is -2.31. The number of nitrogens with one attached hydrogen (secondary N) is 1. The van der Waals surface area contributed by atoms with Crippen molar-refractivity contribution in [1.82, 2.24) is 4.98 Å². The lowest BCUT2D eigenvalue weighted by atomic mass is 10.1. The Balaban J connectivity index is 1.80. The van der Waals surface area contributed by atoms with Gasteiger partial charge in [0, 0.05) is 24.2 Å². The number of nitrogens with zero attached hydrogens (tertiary/aromatic N) is 1. The summed E-state index contributed by atoms with van der Waals surface area (Å²) in [4.78, 5) is 4.16. The molecule has 3 nitrogen and oxygen atoms in total. The Hall–Kier alpha value is -1.39. The minimum Gasteiger partial charge on any atom is -0.360 e.